The Kier molecular flexibility index (Phi) is 6.95. The molecule has 1 fully saturated rings. The van der Waals surface area contributed by atoms with Crippen molar-refractivity contribution in [2.45, 2.75) is 39.7 Å². The summed E-state index contributed by atoms with van der Waals surface area (Å²) in [6.45, 7) is 7.81. The van der Waals surface area contributed by atoms with Crippen molar-refractivity contribution in [2.75, 3.05) is 32.1 Å². The molecule has 1 atom stereocenters. The maximum atomic E-state index is 13.0. The first-order valence-electron chi connectivity index (χ1n) is 7.97. The summed E-state index contributed by atoms with van der Waals surface area (Å²) in [7, 11) is 4.26. The Balaban J connectivity index is 0.00000264. The molecule has 23 heavy (non-hydrogen) atoms. The fraction of sp³-hybridized carbons (Fsp3) is 0.556. The first kappa shape index (κ1) is 20.3. The minimum absolute atomic E-state index is 0. The van der Waals surface area contributed by atoms with Gasteiger partial charge in [0.15, 0.2) is 6.04 Å². The number of likely N-dealkylation sites (N-methyl/N-ethyl adjacent to an activating group) is 1. The molecular weight excluding hydrogens is 363 g/mol. The third kappa shape index (κ3) is 4.02. The third-order valence-electron chi connectivity index (χ3n) is 4.96. The van der Waals surface area contributed by atoms with Gasteiger partial charge in [-0.3, -0.25) is 4.79 Å². The molecule has 1 aliphatic heterocycles. The largest absolute Gasteiger partial charge is 0.318 e. The van der Waals surface area contributed by atoms with E-state index in [0.717, 1.165) is 47.2 Å². The molecule has 4 nitrogen and oxygen atoms in total. The van der Waals surface area contributed by atoms with Crippen LogP contribution >= 0.6 is 0 Å². The topological polar surface area (TPSA) is 44.1 Å². The van der Waals surface area contributed by atoms with Gasteiger partial charge in [-0.1, -0.05) is 0 Å². The van der Waals surface area contributed by atoms with Gasteiger partial charge in [0.25, 0.3) is 5.91 Å². The van der Waals surface area contributed by atoms with Crippen LogP contribution in [0.4, 0.5) is 5.69 Å². The van der Waals surface area contributed by atoms with Crippen LogP contribution in [0, 0.1) is 25.2 Å². The molecular formula is C18H26N3OY+. The second-order valence-electron chi connectivity index (χ2n) is 6.81. The molecule has 1 radical (unpaired) electrons. The van der Waals surface area contributed by atoms with Crippen LogP contribution in [0.5, 0.6) is 0 Å². The fourth-order valence-corrected chi connectivity index (χ4v) is 3.39. The minimum Gasteiger partial charge on any atom is -0.318 e. The van der Waals surface area contributed by atoms with Gasteiger partial charge in [-0.25, -0.2) is 0 Å². The maximum Gasteiger partial charge on any atom is 0.285 e. The normalized spacial score (nSPS) is 18.3. The van der Waals surface area contributed by atoms with E-state index in [0.29, 0.717) is 5.56 Å². The molecule has 121 valence electrons. The number of amides is 1. The predicted octanol–water partition coefficient (Wildman–Crippen LogP) is 2.76. The number of aryl methyl sites for hydroxylation is 2. The summed E-state index contributed by atoms with van der Waals surface area (Å²) >= 11 is 0. The van der Waals surface area contributed by atoms with Crippen LogP contribution in [-0.4, -0.2) is 43.6 Å². The summed E-state index contributed by atoms with van der Waals surface area (Å²) in [6, 6.07) is 5.96. The number of nitrogens with zero attached hydrogens (tertiary/aromatic N) is 3. The first-order chi connectivity index (χ1) is 10.3. The minimum atomic E-state index is 0. The number of hydrogen-bond acceptors (Lipinski definition) is 2. The van der Waals surface area contributed by atoms with Crippen LogP contribution in [-0.2, 0) is 37.5 Å². The second-order valence-corrected chi connectivity index (χ2v) is 6.81. The van der Waals surface area contributed by atoms with E-state index in [1.54, 1.807) is 0 Å². The van der Waals surface area contributed by atoms with Crippen molar-refractivity contribution in [2.24, 2.45) is 0 Å². The number of piperidine rings is 1. The van der Waals surface area contributed by atoms with E-state index < -0.39 is 0 Å². The molecule has 1 saturated heterocycles. The number of quaternary nitrogens is 1. The zero-order chi connectivity index (χ0) is 16.5. The molecule has 5 heteroatoms. The van der Waals surface area contributed by atoms with Crippen LogP contribution < -0.4 is 4.90 Å². The Labute approximate surface area is 164 Å². The van der Waals surface area contributed by atoms with Crippen LogP contribution in [0.2, 0.25) is 0 Å². The standard InChI is InChI=1S/C18H26N3O.Y/c1-6-21(4,5)16-8-7-9-20(18(16)22)17-13(2)10-15(12-19)11-14(17)3;/h10-11,16H,6-9H2,1-5H3;/q+1;. The Morgan fingerprint density at radius 3 is 2.35 bits per heavy atom. The molecule has 1 aromatic rings. The molecule has 0 N–H and O–H groups in total. The number of rotatable bonds is 3. The molecule has 1 unspecified atom stereocenters. The van der Waals surface area contributed by atoms with E-state index in [1.165, 1.54) is 0 Å². The van der Waals surface area contributed by atoms with E-state index in [2.05, 4.69) is 27.1 Å². The van der Waals surface area contributed by atoms with Crippen molar-refractivity contribution in [3.63, 3.8) is 0 Å². The molecule has 0 saturated carbocycles. The number of hydrogen-bond donors (Lipinski definition) is 0. The smallest absolute Gasteiger partial charge is 0.285 e. The van der Waals surface area contributed by atoms with Crippen LogP contribution in [0.1, 0.15) is 36.5 Å². The number of carbonyl (C=O) groups is 1. The van der Waals surface area contributed by atoms with Crippen LogP contribution in [0.25, 0.3) is 0 Å². The Morgan fingerprint density at radius 1 is 1.30 bits per heavy atom. The van der Waals surface area contributed by atoms with Gasteiger partial charge in [0.05, 0.1) is 32.3 Å². The Morgan fingerprint density at radius 2 is 1.87 bits per heavy atom. The monoisotopic (exact) mass is 389 g/mol. The van der Waals surface area contributed by atoms with E-state index in [4.69, 9.17) is 5.26 Å². The second kappa shape index (κ2) is 7.88. The molecule has 0 bridgehead atoms. The summed E-state index contributed by atoms with van der Waals surface area (Å²) < 4.78 is 0.726. The SMILES string of the molecule is CC[N+](C)(C)C1CCCN(c2c(C)cc(C#N)cc2C)C1=O.[Y]. The maximum absolute atomic E-state index is 13.0. The molecule has 0 aliphatic carbocycles. The summed E-state index contributed by atoms with van der Waals surface area (Å²) in [6.07, 6.45) is 1.97. The van der Waals surface area contributed by atoms with Gasteiger partial charge in [0, 0.05) is 51.4 Å². The zero-order valence-corrected chi connectivity index (χ0v) is 17.7. The van der Waals surface area contributed by atoms with Gasteiger partial charge in [-0.2, -0.15) is 5.26 Å². The van der Waals surface area contributed by atoms with Crippen LogP contribution in [0.3, 0.4) is 0 Å². The molecule has 1 aromatic carbocycles. The van der Waals surface area contributed by atoms with E-state index in [1.807, 2.05) is 30.9 Å². The number of anilines is 1. The summed E-state index contributed by atoms with van der Waals surface area (Å²) in [5.74, 6) is 0.217. The number of benzene rings is 1. The Bertz CT molecular complexity index is 611. The van der Waals surface area contributed by atoms with Crippen molar-refractivity contribution >= 4 is 11.6 Å². The van der Waals surface area contributed by atoms with Crippen molar-refractivity contribution in [3.8, 4) is 6.07 Å². The fourth-order valence-electron chi connectivity index (χ4n) is 3.39. The molecule has 1 heterocycles. The van der Waals surface area contributed by atoms with E-state index in [9.17, 15) is 4.79 Å². The van der Waals surface area contributed by atoms with Crippen molar-refractivity contribution < 1.29 is 42.0 Å². The predicted molar refractivity (Wildman–Crippen MR) is 88.7 cm³/mol. The van der Waals surface area contributed by atoms with Gasteiger partial charge in [-0.05, 0) is 50.5 Å². The Hall–Kier alpha value is -0.756. The molecule has 1 aliphatic rings. The van der Waals surface area contributed by atoms with Gasteiger partial charge in [-0.15, -0.1) is 0 Å². The average Bonchev–Trinajstić information content (AvgIpc) is 2.47. The van der Waals surface area contributed by atoms with Crippen molar-refractivity contribution in [1.82, 2.24) is 0 Å². The third-order valence-corrected chi connectivity index (χ3v) is 4.96. The van der Waals surface area contributed by atoms with Gasteiger partial charge in [0.1, 0.15) is 0 Å². The van der Waals surface area contributed by atoms with E-state index >= 15 is 0 Å². The summed E-state index contributed by atoms with van der Waals surface area (Å²) in [5.41, 5.74) is 3.66. The van der Waals surface area contributed by atoms with Gasteiger partial charge in [0.2, 0.25) is 0 Å². The van der Waals surface area contributed by atoms with Crippen molar-refractivity contribution in [3.05, 3.63) is 28.8 Å². The molecule has 2 rings (SSSR count). The van der Waals surface area contributed by atoms with Gasteiger partial charge < -0.3 is 9.38 Å². The van der Waals surface area contributed by atoms with E-state index in [-0.39, 0.29) is 44.7 Å². The summed E-state index contributed by atoms with van der Waals surface area (Å²) in [5, 5.41) is 9.09. The number of nitriles is 1. The van der Waals surface area contributed by atoms with Crippen LogP contribution in [0.15, 0.2) is 12.1 Å². The summed E-state index contributed by atoms with van der Waals surface area (Å²) in [4.78, 5) is 15.0. The quantitative estimate of drug-likeness (QED) is 0.747. The zero-order valence-electron chi connectivity index (χ0n) is 14.9. The molecule has 1 amide bonds. The molecule has 0 spiro atoms. The molecule has 0 aromatic heterocycles. The van der Waals surface area contributed by atoms with Crippen molar-refractivity contribution in [1.29, 1.82) is 5.26 Å². The number of carbonyl (C=O) groups excluding carboxylic acids is 1. The first-order valence-corrected chi connectivity index (χ1v) is 7.97. The average molecular weight is 389 g/mol. The van der Waals surface area contributed by atoms with Gasteiger partial charge >= 0.3 is 0 Å².